The van der Waals surface area contributed by atoms with E-state index < -0.39 is 0 Å². The van der Waals surface area contributed by atoms with Crippen molar-refractivity contribution in [1.82, 2.24) is 24.1 Å². The fraction of sp³-hybridized carbons (Fsp3) is 0.0172. The Hall–Kier alpha value is -8.81. The molecule has 65 heavy (non-hydrogen) atoms. The Morgan fingerprint density at radius 1 is 0.400 bits per heavy atom. The SMILES string of the molecule is c1ccc(-c2ccc(-c3nc(-c4ccccc4)nc(-n4c5ccc6c(c5c5cccc(-n7c8ccccc8c8cc(-c9ccccc9)ccc87)c54)OC(c4ccccc4)N6)n3)cc2)cc1. The van der Waals surface area contributed by atoms with E-state index in [1.807, 2.05) is 42.5 Å². The van der Waals surface area contributed by atoms with Crippen molar-refractivity contribution < 1.29 is 4.74 Å². The van der Waals surface area contributed by atoms with Gasteiger partial charge in [-0.3, -0.25) is 4.57 Å². The van der Waals surface area contributed by atoms with Crippen LogP contribution in [0.2, 0.25) is 0 Å². The number of ether oxygens (including phenoxy) is 1. The summed E-state index contributed by atoms with van der Waals surface area (Å²) in [7, 11) is 0. The molecule has 7 nitrogen and oxygen atoms in total. The average Bonchev–Trinajstić information content (AvgIpc) is 4.08. The van der Waals surface area contributed by atoms with E-state index in [4.69, 9.17) is 19.7 Å². The van der Waals surface area contributed by atoms with Crippen LogP contribution >= 0.6 is 0 Å². The van der Waals surface area contributed by atoms with Gasteiger partial charge in [-0.25, -0.2) is 4.98 Å². The summed E-state index contributed by atoms with van der Waals surface area (Å²) in [4.78, 5) is 15.9. The zero-order chi connectivity index (χ0) is 42.8. The monoisotopic (exact) mass is 834 g/mol. The second kappa shape index (κ2) is 14.9. The van der Waals surface area contributed by atoms with Gasteiger partial charge >= 0.3 is 0 Å². The van der Waals surface area contributed by atoms with Crippen molar-refractivity contribution in [2.75, 3.05) is 5.32 Å². The molecule has 1 N–H and O–H groups in total. The minimum atomic E-state index is -0.346. The lowest BCUT2D eigenvalue weighted by Gasteiger charge is -2.15. The number of rotatable bonds is 7. The molecular formula is C58H38N6O. The van der Waals surface area contributed by atoms with Gasteiger partial charge in [0.25, 0.3) is 0 Å². The number of nitrogens with zero attached hydrogens (tertiary/aromatic N) is 5. The van der Waals surface area contributed by atoms with E-state index in [9.17, 15) is 0 Å². The van der Waals surface area contributed by atoms with Gasteiger partial charge in [-0.2, -0.15) is 9.97 Å². The van der Waals surface area contributed by atoms with E-state index in [1.54, 1.807) is 0 Å². The topological polar surface area (TPSA) is 69.8 Å². The Labute approximate surface area is 374 Å². The Balaban J connectivity index is 1.10. The number of benzene rings is 9. The van der Waals surface area contributed by atoms with Crippen LogP contribution in [0.15, 0.2) is 218 Å². The molecule has 0 spiro atoms. The Bertz CT molecular complexity index is 3750. The van der Waals surface area contributed by atoms with Gasteiger partial charge in [-0.05, 0) is 58.7 Å². The van der Waals surface area contributed by atoms with E-state index in [1.165, 1.54) is 21.9 Å². The zero-order valence-corrected chi connectivity index (χ0v) is 35.0. The fourth-order valence-corrected chi connectivity index (χ4v) is 9.59. The molecule has 0 radical (unpaired) electrons. The minimum Gasteiger partial charge on any atom is -0.464 e. The molecule has 0 bridgehead atoms. The van der Waals surface area contributed by atoms with Gasteiger partial charge in [0.1, 0.15) is 0 Å². The number of hydrogen-bond acceptors (Lipinski definition) is 5. The highest BCUT2D eigenvalue weighted by molar-refractivity contribution is 6.18. The molecule has 13 rings (SSSR count). The zero-order valence-electron chi connectivity index (χ0n) is 35.0. The van der Waals surface area contributed by atoms with Crippen molar-refractivity contribution >= 4 is 49.3 Å². The van der Waals surface area contributed by atoms with E-state index in [2.05, 4.69) is 190 Å². The highest BCUT2D eigenvalue weighted by atomic mass is 16.5. The van der Waals surface area contributed by atoms with Crippen molar-refractivity contribution in [3.05, 3.63) is 224 Å². The molecule has 3 aromatic heterocycles. The van der Waals surface area contributed by atoms with Gasteiger partial charge in [0.2, 0.25) is 5.95 Å². The number of aromatic nitrogens is 5. The van der Waals surface area contributed by atoms with Crippen LogP contribution in [0.25, 0.3) is 100 Å². The molecule has 0 amide bonds. The predicted molar refractivity (Wildman–Crippen MR) is 264 cm³/mol. The summed E-state index contributed by atoms with van der Waals surface area (Å²) in [6.45, 7) is 0. The molecule has 0 fully saturated rings. The number of fused-ring (bicyclic) bond motifs is 8. The standard InChI is InChI=1S/C58H38N6O/c1-5-16-37(17-6-1)39-28-30-41(31-29-39)56-60-55(40-20-9-3-10-21-40)61-58(62-56)64-50-35-33-47-54(65-57(59-47)42-22-11-4-12-23-42)52(50)45-25-15-27-51(53(45)64)63-48-26-14-13-24-44(48)46-36-43(32-34-49(46)63)38-18-7-2-8-19-38/h1-36,57,59H. The summed E-state index contributed by atoms with van der Waals surface area (Å²) in [5, 5.41) is 8.01. The molecule has 0 saturated carbocycles. The summed E-state index contributed by atoms with van der Waals surface area (Å²) in [5.74, 6) is 2.46. The molecule has 1 unspecified atom stereocenters. The number of anilines is 1. The number of para-hydroxylation sites is 2. The number of nitrogens with one attached hydrogen (secondary N) is 1. The van der Waals surface area contributed by atoms with Crippen molar-refractivity contribution in [3.63, 3.8) is 0 Å². The van der Waals surface area contributed by atoms with Gasteiger partial charge in [-0.15, -0.1) is 0 Å². The number of hydrogen-bond donors (Lipinski definition) is 1. The Morgan fingerprint density at radius 2 is 0.938 bits per heavy atom. The minimum absolute atomic E-state index is 0.346. The molecule has 12 aromatic rings. The highest BCUT2D eigenvalue weighted by Gasteiger charge is 2.30. The quantitative estimate of drug-likeness (QED) is 0.173. The van der Waals surface area contributed by atoms with Gasteiger partial charge in [0, 0.05) is 32.8 Å². The molecule has 306 valence electrons. The average molecular weight is 835 g/mol. The summed E-state index contributed by atoms with van der Waals surface area (Å²) >= 11 is 0. The van der Waals surface area contributed by atoms with E-state index in [-0.39, 0.29) is 6.23 Å². The van der Waals surface area contributed by atoms with Crippen LogP contribution in [0.1, 0.15) is 11.8 Å². The van der Waals surface area contributed by atoms with E-state index in [0.717, 1.165) is 77.8 Å². The van der Waals surface area contributed by atoms with Crippen LogP contribution in [0.3, 0.4) is 0 Å². The van der Waals surface area contributed by atoms with Crippen molar-refractivity contribution in [1.29, 1.82) is 0 Å². The first kappa shape index (κ1) is 36.8. The first-order valence-corrected chi connectivity index (χ1v) is 21.9. The summed E-state index contributed by atoms with van der Waals surface area (Å²) in [6, 6.07) is 76.3. The van der Waals surface area contributed by atoms with Crippen LogP contribution in [-0.4, -0.2) is 24.1 Å². The summed E-state index contributed by atoms with van der Waals surface area (Å²) in [5.41, 5.74) is 13.5. The molecule has 1 aliphatic rings. The second-order valence-corrected chi connectivity index (χ2v) is 16.4. The summed E-state index contributed by atoms with van der Waals surface area (Å²) in [6.07, 6.45) is -0.346. The third kappa shape index (κ3) is 6.08. The molecule has 0 aliphatic carbocycles. The first-order chi connectivity index (χ1) is 32.2. The molecule has 0 saturated heterocycles. The predicted octanol–water partition coefficient (Wildman–Crippen LogP) is 14.2. The van der Waals surface area contributed by atoms with E-state index >= 15 is 0 Å². The van der Waals surface area contributed by atoms with Crippen molar-refractivity contribution in [2.45, 2.75) is 6.23 Å². The van der Waals surface area contributed by atoms with E-state index in [0.29, 0.717) is 17.6 Å². The van der Waals surface area contributed by atoms with Gasteiger partial charge in [-0.1, -0.05) is 182 Å². The van der Waals surface area contributed by atoms with Crippen LogP contribution in [0.5, 0.6) is 5.75 Å². The summed E-state index contributed by atoms with van der Waals surface area (Å²) < 4.78 is 11.6. The largest absolute Gasteiger partial charge is 0.464 e. The fourth-order valence-electron chi connectivity index (χ4n) is 9.59. The normalized spacial score (nSPS) is 13.3. The van der Waals surface area contributed by atoms with Gasteiger partial charge in [0.05, 0.1) is 38.8 Å². The lowest BCUT2D eigenvalue weighted by Crippen LogP contribution is -2.09. The van der Waals surface area contributed by atoms with Crippen molar-refractivity contribution in [3.8, 4) is 62.4 Å². The Kier molecular flexibility index (Phi) is 8.45. The third-order valence-corrected chi connectivity index (χ3v) is 12.6. The molecule has 9 aromatic carbocycles. The lowest BCUT2D eigenvalue weighted by atomic mass is 10.0. The second-order valence-electron chi connectivity index (χ2n) is 16.4. The maximum absolute atomic E-state index is 6.94. The smallest absolute Gasteiger partial charge is 0.238 e. The highest BCUT2D eigenvalue weighted by Crippen LogP contribution is 2.49. The molecular weight excluding hydrogens is 797 g/mol. The molecule has 7 heteroatoms. The third-order valence-electron chi connectivity index (χ3n) is 12.6. The maximum Gasteiger partial charge on any atom is 0.238 e. The van der Waals surface area contributed by atoms with Gasteiger partial charge < -0.3 is 14.6 Å². The maximum atomic E-state index is 6.94. The van der Waals surface area contributed by atoms with Crippen LogP contribution in [-0.2, 0) is 0 Å². The molecule has 1 aliphatic heterocycles. The molecule has 4 heterocycles. The molecule has 1 atom stereocenters. The first-order valence-electron chi connectivity index (χ1n) is 21.9. The van der Waals surface area contributed by atoms with Gasteiger partial charge in [0.15, 0.2) is 23.6 Å². The van der Waals surface area contributed by atoms with Crippen LogP contribution < -0.4 is 10.1 Å². The lowest BCUT2D eigenvalue weighted by molar-refractivity contribution is 0.263. The Morgan fingerprint density at radius 3 is 1.66 bits per heavy atom. The van der Waals surface area contributed by atoms with Crippen LogP contribution in [0.4, 0.5) is 5.69 Å². The van der Waals surface area contributed by atoms with Crippen molar-refractivity contribution in [2.24, 2.45) is 0 Å². The van der Waals surface area contributed by atoms with Crippen LogP contribution in [0, 0.1) is 0 Å².